The summed E-state index contributed by atoms with van der Waals surface area (Å²) in [6.07, 6.45) is 4.04. The number of likely N-dealkylation sites (tertiary alicyclic amines) is 1. The van der Waals surface area contributed by atoms with E-state index < -0.39 is 11.2 Å². The molecule has 8 nitrogen and oxygen atoms in total. The van der Waals surface area contributed by atoms with Crippen LogP contribution < -0.4 is 11.2 Å². The van der Waals surface area contributed by atoms with Crippen LogP contribution in [0.3, 0.4) is 0 Å². The first-order chi connectivity index (χ1) is 14.0. The zero-order valence-corrected chi connectivity index (χ0v) is 16.9. The van der Waals surface area contributed by atoms with Crippen molar-refractivity contribution in [3.63, 3.8) is 0 Å². The van der Waals surface area contributed by atoms with Crippen LogP contribution in [0, 0.1) is 11.7 Å². The molecule has 0 aliphatic carbocycles. The molecule has 0 spiro atoms. The Morgan fingerprint density at radius 1 is 1.13 bits per heavy atom. The number of carbonyl (C=O) groups excluding carboxylic acids is 1. The summed E-state index contributed by atoms with van der Waals surface area (Å²) in [7, 11) is 0. The first-order valence-corrected chi connectivity index (χ1v) is 9.48. The Morgan fingerprint density at radius 2 is 1.83 bits per heavy atom. The van der Waals surface area contributed by atoms with Crippen LogP contribution >= 0.6 is 12.4 Å². The Bertz CT molecular complexity index is 1150. The molecule has 0 unspecified atom stereocenters. The predicted molar refractivity (Wildman–Crippen MR) is 112 cm³/mol. The number of hydrogen-bond acceptors (Lipinski definition) is 6. The van der Waals surface area contributed by atoms with Crippen LogP contribution in [0.15, 0.2) is 46.4 Å². The third-order valence-corrected chi connectivity index (χ3v) is 5.39. The summed E-state index contributed by atoms with van der Waals surface area (Å²) < 4.78 is 14.2. The number of halogens is 2. The first-order valence-electron chi connectivity index (χ1n) is 9.48. The van der Waals surface area contributed by atoms with Gasteiger partial charge in [-0.1, -0.05) is 0 Å². The second-order valence-electron chi connectivity index (χ2n) is 7.16. The number of benzene rings is 1. The van der Waals surface area contributed by atoms with E-state index in [-0.39, 0.29) is 47.5 Å². The number of aromatic nitrogens is 4. The number of nitrogens with one attached hydrogen (secondary N) is 1. The average molecular weight is 434 g/mol. The number of ketones is 1. The van der Waals surface area contributed by atoms with Gasteiger partial charge in [-0.05, 0) is 50.2 Å². The van der Waals surface area contributed by atoms with E-state index in [1.54, 1.807) is 0 Å². The van der Waals surface area contributed by atoms with Crippen LogP contribution in [-0.2, 0) is 6.54 Å². The van der Waals surface area contributed by atoms with Crippen LogP contribution in [0.5, 0.6) is 0 Å². The lowest BCUT2D eigenvalue weighted by molar-refractivity contribution is 0.0837. The maximum Gasteiger partial charge on any atom is 0.330 e. The van der Waals surface area contributed by atoms with E-state index in [4.69, 9.17) is 0 Å². The normalized spacial score (nSPS) is 15.1. The number of H-pyrrole nitrogens is 1. The smallest absolute Gasteiger partial charge is 0.302 e. The Hall–Kier alpha value is -2.91. The molecule has 1 aliphatic heterocycles. The maximum absolute atomic E-state index is 13.0. The van der Waals surface area contributed by atoms with E-state index in [0.29, 0.717) is 38.0 Å². The van der Waals surface area contributed by atoms with Gasteiger partial charge in [0.05, 0.1) is 0 Å². The number of piperidine rings is 1. The van der Waals surface area contributed by atoms with Gasteiger partial charge in [0.25, 0.3) is 5.56 Å². The second-order valence-corrected chi connectivity index (χ2v) is 7.16. The Balaban J connectivity index is 0.00000256. The fourth-order valence-corrected chi connectivity index (χ4v) is 3.71. The number of carbonyl (C=O) groups is 1. The van der Waals surface area contributed by atoms with Gasteiger partial charge in [-0.3, -0.25) is 19.1 Å². The van der Waals surface area contributed by atoms with Gasteiger partial charge < -0.3 is 4.90 Å². The lowest BCUT2D eigenvalue weighted by Crippen LogP contribution is -2.42. The molecule has 0 bridgehead atoms. The molecule has 0 amide bonds. The van der Waals surface area contributed by atoms with Gasteiger partial charge in [0.1, 0.15) is 23.2 Å². The predicted octanol–water partition coefficient (Wildman–Crippen LogP) is 1.64. The monoisotopic (exact) mass is 433 g/mol. The molecule has 30 heavy (non-hydrogen) atoms. The molecular weight excluding hydrogens is 413 g/mol. The standard InChI is InChI=1S/C20H20FN5O3.ClH/c21-15-3-1-13(2-4-15)17(27)14-5-7-25(8-6-14)9-10-26-19(28)16-11-22-12-23-18(16)24-20(26)29;/h1-4,11-12,14H,5-10H2,(H,22,23,24,29);1H. The topological polar surface area (TPSA) is 101 Å². The lowest BCUT2D eigenvalue weighted by atomic mass is 9.89. The molecule has 10 heteroatoms. The van der Waals surface area contributed by atoms with Crippen molar-refractivity contribution >= 4 is 29.2 Å². The van der Waals surface area contributed by atoms with Crippen LogP contribution in [-0.4, -0.2) is 49.8 Å². The number of nitrogens with zero attached hydrogens (tertiary/aromatic N) is 4. The molecule has 0 radical (unpaired) electrons. The van der Waals surface area contributed by atoms with Crippen LogP contribution in [0.25, 0.3) is 11.0 Å². The maximum atomic E-state index is 13.0. The van der Waals surface area contributed by atoms with Crippen LogP contribution in [0.1, 0.15) is 23.2 Å². The molecule has 0 saturated carbocycles. The third-order valence-electron chi connectivity index (χ3n) is 5.39. The molecule has 3 aromatic rings. The van der Waals surface area contributed by atoms with E-state index in [0.717, 1.165) is 4.57 Å². The van der Waals surface area contributed by atoms with E-state index in [9.17, 15) is 18.8 Å². The average Bonchev–Trinajstić information content (AvgIpc) is 2.74. The number of rotatable bonds is 5. The van der Waals surface area contributed by atoms with Gasteiger partial charge in [-0.15, -0.1) is 12.4 Å². The summed E-state index contributed by atoms with van der Waals surface area (Å²) in [4.78, 5) is 49.8. The zero-order valence-electron chi connectivity index (χ0n) is 16.1. The fourth-order valence-electron chi connectivity index (χ4n) is 3.71. The zero-order chi connectivity index (χ0) is 20.4. The van der Waals surface area contributed by atoms with Gasteiger partial charge in [0.2, 0.25) is 0 Å². The molecule has 1 aliphatic rings. The number of Topliss-reactive ketones (excluding diaryl/α,β-unsaturated/α-hetero) is 1. The summed E-state index contributed by atoms with van der Waals surface area (Å²) in [5.41, 5.74) is -0.152. The highest BCUT2D eigenvalue weighted by Crippen LogP contribution is 2.22. The molecular formula is C20H21ClFN5O3. The van der Waals surface area contributed by atoms with E-state index in [2.05, 4.69) is 19.9 Å². The van der Waals surface area contributed by atoms with Crippen molar-refractivity contribution in [1.29, 1.82) is 0 Å². The Kier molecular flexibility index (Phi) is 6.73. The highest BCUT2D eigenvalue weighted by molar-refractivity contribution is 5.97. The van der Waals surface area contributed by atoms with Crippen LogP contribution in [0.2, 0.25) is 0 Å². The molecule has 3 heterocycles. The van der Waals surface area contributed by atoms with Crippen molar-refractivity contribution in [3.8, 4) is 0 Å². The molecule has 0 atom stereocenters. The Labute approximate surface area is 177 Å². The van der Waals surface area contributed by atoms with Gasteiger partial charge in [-0.25, -0.2) is 19.2 Å². The highest BCUT2D eigenvalue weighted by atomic mass is 35.5. The van der Waals surface area contributed by atoms with Crippen molar-refractivity contribution in [2.45, 2.75) is 19.4 Å². The third kappa shape index (κ3) is 4.47. The van der Waals surface area contributed by atoms with Gasteiger partial charge >= 0.3 is 5.69 Å². The number of hydrogen-bond donors (Lipinski definition) is 1. The first kappa shape index (κ1) is 21.8. The van der Waals surface area contributed by atoms with E-state index >= 15 is 0 Å². The molecule has 2 aromatic heterocycles. The van der Waals surface area contributed by atoms with E-state index in [1.165, 1.54) is 36.8 Å². The largest absolute Gasteiger partial charge is 0.330 e. The summed E-state index contributed by atoms with van der Waals surface area (Å²) in [6, 6.07) is 5.64. The molecule has 1 aromatic carbocycles. The quantitative estimate of drug-likeness (QED) is 0.614. The number of aromatic amines is 1. The summed E-state index contributed by atoms with van der Waals surface area (Å²) >= 11 is 0. The van der Waals surface area contributed by atoms with Crippen molar-refractivity contribution in [2.24, 2.45) is 5.92 Å². The van der Waals surface area contributed by atoms with Gasteiger partial charge in [-0.2, -0.15) is 0 Å². The molecule has 1 fully saturated rings. The molecule has 4 rings (SSSR count). The van der Waals surface area contributed by atoms with Crippen molar-refractivity contribution in [2.75, 3.05) is 19.6 Å². The Morgan fingerprint density at radius 3 is 2.53 bits per heavy atom. The van der Waals surface area contributed by atoms with Crippen molar-refractivity contribution in [1.82, 2.24) is 24.4 Å². The minimum atomic E-state index is -0.498. The summed E-state index contributed by atoms with van der Waals surface area (Å²) in [5, 5.41) is 0.274. The molecule has 1 saturated heterocycles. The lowest BCUT2D eigenvalue weighted by Gasteiger charge is -2.31. The van der Waals surface area contributed by atoms with Crippen LogP contribution in [0.4, 0.5) is 4.39 Å². The summed E-state index contributed by atoms with van der Waals surface area (Å²) in [5.74, 6) is -0.422. The SMILES string of the molecule is Cl.O=C(c1ccc(F)cc1)C1CCN(CCn2c(=O)[nH]c3ncncc3c2=O)CC1. The fraction of sp³-hybridized carbons (Fsp3) is 0.350. The minimum Gasteiger partial charge on any atom is -0.302 e. The van der Waals surface area contributed by atoms with Gasteiger partial charge in [0, 0.05) is 30.8 Å². The number of fused-ring (bicyclic) bond motifs is 1. The van der Waals surface area contributed by atoms with Crippen molar-refractivity contribution in [3.05, 3.63) is 69.0 Å². The molecule has 158 valence electrons. The van der Waals surface area contributed by atoms with Crippen molar-refractivity contribution < 1.29 is 9.18 Å². The van der Waals surface area contributed by atoms with E-state index in [1.807, 2.05) is 0 Å². The summed E-state index contributed by atoms with van der Waals surface area (Å²) in [6.45, 7) is 2.16. The minimum absolute atomic E-state index is 0. The molecule has 1 N–H and O–H groups in total. The highest BCUT2D eigenvalue weighted by Gasteiger charge is 2.25. The van der Waals surface area contributed by atoms with Gasteiger partial charge in [0.15, 0.2) is 5.78 Å². The second kappa shape index (κ2) is 9.27.